The average Bonchev–Trinajstić information content (AvgIpc) is 2.54. The molecule has 1 saturated heterocycles. The molecule has 7 heteroatoms. The van der Waals surface area contributed by atoms with Crippen LogP contribution in [0.4, 0.5) is 0 Å². The van der Waals surface area contributed by atoms with E-state index in [-0.39, 0.29) is 17.7 Å². The molecule has 1 aliphatic heterocycles. The smallest absolute Gasteiger partial charge is 0.255 e. The van der Waals surface area contributed by atoms with E-state index in [1.807, 2.05) is 0 Å². The summed E-state index contributed by atoms with van der Waals surface area (Å²) >= 11 is 12.0. The number of nitrogens with zero attached hydrogens (tertiary/aromatic N) is 1. The SMILES string of the molecule is NCCNC(=O)C1CCCN(C(=O)c2cc(Cl)ccc2Cl)C1. The van der Waals surface area contributed by atoms with Gasteiger partial charge in [-0.2, -0.15) is 0 Å². The Morgan fingerprint density at radius 1 is 1.36 bits per heavy atom. The zero-order valence-corrected chi connectivity index (χ0v) is 13.7. The molecule has 2 rings (SSSR count). The van der Waals surface area contributed by atoms with E-state index in [2.05, 4.69) is 5.32 Å². The van der Waals surface area contributed by atoms with Crippen LogP contribution >= 0.6 is 23.2 Å². The zero-order valence-electron chi connectivity index (χ0n) is 12.1. The lowest BCUT2D eigenvalue weighted by atomic mass is 9.96. The molecule has 0 aromatic heterocycles. The molecule has 1 unspecified atom stereocenters. The van der Waals surface area contributed by atoms with Gasteiger partial charge in [0.05, 0.1) is 16.5 Å². The van der Waals surface area contributed by atoms with Gasteiger partial charge >= 0.3 is 0 Å². The van der Waals surface area contributed by atoms with E-state index in [0.29, 0.717) is 41.8 Å². The normalized spacial score (nSPS) is 18.1. The third-order valence-corrected chi connectivity index (χ3v) is 4.25. The summed E-state index contributed by atoms with van der Waals surface area (Å²) in [6, 6.07) is 4.80. The molecule has 22 heavy (non-hydrogen) atoms. The summed E-state index contributed by atoms with van der Waals surface area (Å²) < 4.78 is 0. The highest BCUT2D eigenvalue weighted by molar-refractivity contribution is 6.35. The van der Waals surface area contributed by atoms with Gasteiger partial charge in [-0.1, -0.05) is 23.2 Å². The second-order valence-corrected chi connectivity index (χ2v) is 6.14. The quantitative estimate of drug-likeness (QED) is 0.876. The number of carbonyl (C=O) groups excluding carboxylic acids is 2. The van der Waals surface area contributed by atoms with Crippen molar-refractivity contribution < 1.29 is 9.59 Å². The summed E-state index contributed by atoms with van der Waals surface area (Å²) in [5.74, 6) is -0.453. The van der Waals surface area contributed by atoms with Gasteiger partial charge in [-0.25, -0.2) is 0 Å². The number of nitrogens with two attached hydrogens (primary N) is 1. The second kappa shape index (κ2) is 7.81. The molecule has 3 N–H and O–H groups in total. The monoisotopic (exact) mass is 343 g/mol. The van der Waals surface area contributed by atoms with Crippen LogP contribution < -0.4 is 11.1 Å². The molecule has 1 fully saturated rings. The van der Waals surface area contributed by atoms with Gasteiger partial charge < -0.3 is 16.0 Å². The molecule has 0 radical (unpaired) electrons. The first-order chi connectivity index (χ1) is 10.5. The van der Waals surface area contributed by atoms with Crippen LogP contribution in [0.5, 0.6) is 0 Å². The molecule has 0 saturated carbocycles. The van der Waals surface area contributed by atoms with E-state index in [4.69, 9.17) is 28.9 Å². The minimum atomic E-state index is -0.206. The van der Waals surface area contributed by atoms with E-state index in [0.717, 1.165) is 12.8 Å². The van der Waals surface area contributed by atoms with E-state index < -0.39 is 0 Å². The van der Waals surface area contributed by atoms with Crippen LogP contribution in [0.1, 0.15) is 23.2 Å². The molecular weight excluding hydrogens is 325 g/mol. The van der Waals surface area contributed by atoms with Crippen molar-refractivity contribution in [3.63, 3.8) is 0 Å². The average molecular weight is 344 g/mol. The van der Waals surface area contributed by atoms with Crippen molar-refractivity contribution in [2.75, 3.05) is 26.2 Å². The summed E-state index contributed by atoms with van der Waals surface area (Å²) in [6.07, 6.45) is 1.55. The fourth-order valence-electron chi connectivity index (χ4n) is 2.55. The van der Waals surface area contributed by atoms with Gasteiger partial charge in [0.2, 0.25) is 5.91 Å². The Morgan fingerprint density at radius 2 is 2.14 bits per heavy atom. The molecule has 1 aromatic carbocycles. The number of benzene rings is 1. The Kier molecular flexibility index (Phi) is 6.06. The molecule has 2 amide bonds. The third-order valence-electron chi connectivity index (χ3n) is 3.68. The molecule has 1 aromatic rings. The highest BCUT2D eigenvalue weighted by Gasteiger charge is 2.29. The maximum absolute atomic E-state index is 12.6. The highest BCUT2D eigenvalue weighted by atomic mass is 35.5. The number of halogens is 2. The maximum atomic E-state index is 12.6. The molecule has 120 valence electrons. The fraction of sp³-hybridized carbons (Fsp3) is 0.467. The molecule has 1 aliphatic rings. The third kappa shape index (κ3) is 4.12. The van der Waals surface area contributed by atoms with Crippen LogP contribution in [0.3, 0.4) is 0 Å². The van der Waals surface area contributed by atoms with Crippen LogP contribution in [0.15, 0.2) is 18.2 Å². The standard InChI is InChI=1S/C15H19Cl2N3O2/c16-11-3-4-13(17)12(8-11)15(22)20-7-1-2-10(9-20)14(21)19-6-5-18/h3-4,8,10H,1-2,5-7,9,18H2,(H,19,21). The van der Waals surface area contributed by atoms with Gasteiger partial charge in [0.25, 0.3) is 5.91 Å². The maximum Gasteiger partial charge on any atom is 0.255 e. The molecule has 0 bridgehead atoms. The van der Waals surface area contributed by atoms with Crippen molar-refractivity contribution >= 4 is 35.0 Å². The Bertz CT molecular complexity index is 566. The number of piperidine rings is 1. The van der Waals surface area contributed by atoms with Gasteiger partial charge in [-0.05, 0) is 31.0 Å². The van der Waals surface area contributed by atoms with Gasteiger partial charge in [-0.15, -0.1) is 0 Å². The number of amides is 2. The van der Waals surface area contributed by atoms with E-state index in [1.54, 1.807) is 23.1 Å². The van der Waals surface area contributed by atoms with Crippen LogP contribution in [-0.4, -0.2) is 42.9 Å². The summed E-state index contributed by atoms with van der Waals surface area (Å²) in [5, 5.41) is 3.60. The molecule has 0 aliphatic carbocycles. The van der Waals surface area contributed by atoms with E-state index >= 15 is 0 Å². The van der Waals surface area contributed by atoms with Gasteiger partial charge in [0.1, 0.15) is 0 Å². The Balaban J connectivity index is 2.07. The Hall–Kier alpha value is -1.30. The van der Waals surface area contributed by atoms with Gasteiger partial charge in [0, 0.05) is 31.2 Å². The number of likely N-dealkylation sites (tertiary alicyclic amines) is 1. The predicted molar refractivity (Wildman–Crippen MR) is 87.2 cm³/mol. The van der Waals surface area contributed by atoms with E-state index in [1.165, 1.54) is 0 Å². The van der Waals surface area contributed by atoms with Crippen molar-refractivity contribution in [2.24, 2.45) is 11.7 Å². The van der Waals surface area contributed by atoms with Crippen molar-refractivity contribution in [2.45, 2.75) is 12.8 Å². The number of hydrogen-bond acceptors (Lipinski definition) is 3. The molecule has 1 atom stereocenters. The van der Waals surface area contributed by atoms with Crippen LogP contribution in [-0.2, 0) is 4.79 Å². The number of nitrogens with one attached hydrogen (secondary N) is 1. The lowest BCUT2D eigenvalue weighted by molar-refractivity contribution is -0.126. The van der Waals surface area contributed by atoms with Crippen molar-refractivity contribution in [3.05, 3.63) is 33.8 Å². The predicted octanol–water partition coefficient (Wildman–Crippen LogP) is 1.92. The summed E-state index contributed by atoms with van der Waals surface area (Å²) in [6.45, 7) is 1.85. The van der Waals surface area contributed by atoms with Crippen molar-refractivity contribution in [3.8, 4) is 0 Å². The van der Waals surface area contributed by atoms with Crippen LogP contribution in [0.2, 0.25) is 10.0 Å². The van der Waals surface area contributed by atoms with Crippen LogP contribution in [0.25, 0.3) is 0 Å². The number of carbonyl (C=O) groups is 2. The summed E-state index contributed by atoms with van der Waals surface area (Å²) in [4.78, 5) is 26.3. The topological polar surface area (TPSA) is 75.4 Å². The summed E-state index contributed by atoms with van der Waals surface area (Å²) in [5.41, 5.74) is 5.75. The number of rotatable bonds is 4. The fourth-order valence-corrected chi connectivity index (χ4v) is 2.92. The largest absolute Gasteiger partial charge is 0.355 e. The first-order valence-corrected chi connectivity index (χ1v) is 8.00. The van der Waals surface area contributed by atoms with E-state index in [9.17, 15) is 9.59 Å². The van der Waals surface area contributed by atoms with Gasteiger partial charge in [-0.3, -0.25) is 9.59 Å². The molecule has 0 spiro atoms. The number of hydrogen-bond donors (Lipinski definition) is 2. The summed E-state index contributed by atoms with van der Waals surface area (Å²) in [7, 11) is 0. The lowest BCUT2D eigenvalue weighted by Crippen LogP contribution is -2.46. The van der Waals surface area contributed by atoms with Gasteiger partial charge in [0.15, 0.2) is 0 Å². The van der Waals surface area contributed by atoms with Crippen molar-refractivity contribution in [1.29, 1.82) is 0 Å². The zero-order chi connectivity index (χ0) is 16.1. The first-order valence-electron chi connectivity index (χ1n) is 7.25. The molecule has 1 heterocycles. The first kappa shape index (κ1) is 17.1. The van der Waals surface area contributed by atoms with Crippen LogP contribution in [0, 0.1) is 5.92 Å². The lowest BCUT2D eigenvalue weighted by Gasteiger charge is -2.32. The van der Waals surface area contributed by atoms with Crippen molar-refractivity contribution in [1.82, 2.24) is 10.2 Å². The highest BCUT2D eigenvalue weighted by Crippen LogP contribution is 2.25. The Morgan fingerprint density at radius 3 is 2.86 bits per heavy atom. The molecule has 5 nitrogen and oxygen atoms in total. The Labute approximate surface area is 139 Å². The molecular formula is C15H19Cl2N3O2. The minimum absolute atomic E-state index is 0.0554. The minimum Gasteiger partial charge on any atom is -0.355 e. The second-order valence-electron chi connectivity index (χ2n) is 5.29.